The molecule has 2 heterocycles. The van der Waals surface area contributed by atoms with Crippen molar-refractivity contribution in [1.29, 1.82) is 0 Å². The van der Waals surface area contributed by atoms with Crippen LogP contribution < -0.4 is 14.4 Å². The molecule has 0 atom stereocenters. The van der Waals surface area contributed by atoms with Gasteiger partial charge in [-0.3, -0.25) is 9.69 Å². The van der Waals surface area contributed by atoms with Crippen LogP contribution in [-0.2, 0) is 0 Å². The first-order valence-electron chi connectivity index (χ1n) is 10.7. The molecular formula is C25H26ClN3O3S. The van der Waals surface area contributed by atoms with Gasteiger partial charge in [0.2, 0.25) is 0 Å². The van der Waals surface area contributed by atoms with Crippen LogP contribution in [0.25, 0.3) is 21.0 Å². The second kappa shape index (κ2) is 9.95. The largest absolute Gasteiger partial charge is 0.486 e. The molecule has 1 aliphatic heterocycles. The number of hydrogen-bond donors (Lipinski definition) is 0. The van der Waals surface area contributed by atoms with Gasteiger partial charge in [0.15, 0.2) is 16.6 Å². The molecule has 1 amide bonds. The Labute approximate surface area is 203 Å². The highest BCUT2D eigenvalue weighted by Gasteiger charge is 2.24. The number of carbonyl (C=O) groups excluding carboxylic acids is 1. The van der Waals surface area contributed by atoms with Gasteiger partial charge in [0.25, 0.3) is 5.91 Å². The molecule has 172 valence electrons. The van der Waals surface area contributed by atoms with Crippen LogP contribution in [0.5, 0.6) is 11.5 Å². The lowest BCUT2D eigenvalue weighted by atomic mass is 10.0. The lowest BCUT2D eigenvalue weighted by molar-refractivity contribution is 0.0987. The summed E-state index contributed by atoms with van der Waals surface area (Å²) in [4.78, 5) is 22.6. The molecule has 0 saturated carbocycles. The molecule has 1 aliphatic rings. The maximum atomic E-state index is 13.8. The zero-order valence-corrected chi connectivity index (χ0v) is 20.2. The summed E-state index contributed by atoms with van der Waals surface area (Å²) in [6.07, 6.45) is 0.849. The summed E-state index contributed by atoms with van der Waals surface area (Å²) in [7, 11) is 4.08. The molecule has 0 N–H and O–H groups in total. The topological polar surface area (TPSA) is 54.9 Å². The summed E-state index contributed by atoms with van der Waals surface area (Å²) < 4.78 is 12.4. The first-order chi connectivity index (χ1) is 15.6. The Morgan fingerprint density at radius 3 is 2.52 bits per heavy atom. The van der Waals surface area contributed by atoms with E-state index in [1.165, 1.54) is 11.3 Å². The molecule has 6 nitrogen and oxygen atoms in total. The van der Waals surface area contributed by atoms with Gasteiger partial charge in [-0.2, -0.15) is 0 Å². The quantitative estimate of drug-likeness (QED) is 0.375. The predicted molar refractivity (Wildman–Crippen MR) is 137 cm³/mol. The van der Waals surface area contributed by atoms with Crippen molar-refractivity contribution >= 4 is 55.8 Å². The monoisotopic (exact) mass is 483 g/mol. The van der Waals surface area contributed by atoms with E-state index in [2.05, 4.69) is 4.90 Å². The number of amides is 1. The highest BCUT2D eigenvalue weighted by Crippen LogP contribution is 2.39. The van der Waals surface area contributed by atoms with Gasteiger partial charge in [-0.05, 0) is 43.9 Å². The molecule has 0 spiro atoms. The number of carbonyl (C=O) groups is 1. The number of nitrogens with zero attached hydrogens (tertiary/aromatic N) is 3. The van der Waals surface area contributed by atoms with Crippen LogP contribution in [0.3, 0.4) is 0 Å². The van der Waals surface area contributed by atoms with E-state index in [0.717, 1.165) is 39.7 Å². The lowest BCUT2D eigenvalue weighted by Gasteiger charge is -2.21. The third kappa shape index (κ3) is 4.76. The Morgan fingerprint density at radius 1 is 1.00 bits per heavy atom. The van der Waals surface area contributed by atoms with Gasteiger partial charge >= 0.3 is 0 Å². The third-order valence-electron chi connectivity index (χ3n) is 5.52. The van der Waals surface area contributed by atoms with Gasteiger partial charge in [-0.1, -0.05) is 47.7 Å². The number of rotatable bonds is 6. The molecule has 3 aromatic carbocycles. The minimum atomic E-state index is -0.0307. The Kier molecular flexibility index (Phi) is 7.02. The predicted octanol–water partition coefficient (Wildman–Crippen LogP) is 5.24. The molecule has 4 aromatic rings. The fourth-order valence-electron chi connectivity index (χ4n) is 3.95. The number of anilines is 1. The average molecular weight is 484 g/mol. The van der Waals surface area contributed by atoms with Gasteiger partial charge in [0.05, 0.1) is 10.2 Å². The summed E-state index contributed by atoms with van der Waals surface area (Å²) in [6.45, 7) is 2.55. The van der Waals surface area contributed by atoms with Crippen LogP contribution in [0, 0.1) is 0 Å². The number of benzene rings is 3. The van der Waals surface area contributed by atoms with Gasteiger partial charge in [0.1, 0.15) is 13.2 Å². The van der Waals surface area contributed by atoms with Gasteiger partial charge in [0, 0.05) is 24.2 Å². The Balaban J connectivity index is 0.00000259. The maximum Gasteiger partial charge on any atom is 0.260 e. The lowest BCUT2D eigenvalue weighted by Crippen LogP contribution is -2.33. The zero-order chi connectivity index (χ0) is 22.1. The number of fused-ring (bicyclic) bond motifs is 3. The minimum absolute atomic E-state index is 0. The van der Waals surface area contributed by atoms with Crippen LogP contribution in [-0.4, -0.2) is 56.2 Å². The first kappa shape index (κ1) is 23.3. The van der Waals surface area contributed by atoms with Crippen LogP contribution in [0.1, 0.15) is 16.8 Å². The molecule has 0 saturated heterocycles. The molecule has 0 radical (unpaired) electrons. The van der Waals surface area contributed by atoms with E-state index >= 15 is 0 Å². The summed E-state index contributed by atoms with van der Waals surface area (Å²) in [5, 5.41) is 2.70. The fraction of sp³-hybridized carbons (Fsp3) is 0.280. The normalized spacial score (nSPS) is 12.7. The Hall–Kier alpha value is -2.87. The second-order valence-corrected chi connectivity index (χ2v) is 9.11. The van der Waals surface area contributed by atoms with Gasteiger partial charge < -0.3 is 14.4 Å². The molecule has 0 bridgehead atoms. The van der Waals surface area contributed by atoms with Gasteiger partial charge in [-0.25, -0.2) is 4.98 Å². The molecule has 5 rings (SSSR count). The summed E-state index contributed by atoms with van der Waals surface area (Å²) >= 11 is 1.51. The molecule has 1 aromatic heterocycles. The van der Waals surface area contributed by atoms with Gasteiger partial charge in [-0.15, -0.1) is 12.4 Å². The van der Waals surface area contributed by atoms with Crippen molar-refractivity contribution in [3.63, 3.8) is 0 Å². The average Bonchev–Trinajstić information content (AvgIpc) is 3.21. The maximum absolute atomic E-state index is 13.8. The highest BCUT2D eigenvalue weighted by molar-refractivity contribution is 7.22. The molecular weight excluding hydrogens is 458 g/mol. The Bertz CT molecular complexity index is 1240. The molecule has 0 unspecified atom stereocenters. The van der Waals surface area contributed by atoms with Crippen molar-refractivity contribution in [2.45, 2.75) is 6.42 Å². The summed E-state index contributed by atoms with van der Waals surface area (Å²) in [5.41, 5.74) is 1.51. The van der Waals surface area contributed by atoms with Crippen molar-refractivity contribution in [2.75, 3.05) is 45.3 Å². The molecule has 33 heavy (non-hydrogen) atoms. The smallest absolute Gasteiger partial charge is 0.260 e. The molecule has 0 aliphatic carbocycles. The van der Waals surface area contributed by atoms with Crippen molar-refractivity contribution in [3.05, 3.63) is 60.2 Å². The SMILES string of the molecule is CN(C)CCCN(C(=O)c1cccc2ccccc12)c1nc2cc3c(cc2s1)OCCO3.Cl. The van der Waals surface area contributed by atoms with E-state index < -0.39 is 0 Å². The molecule has 8 heteroatoms. The fourth-order valence-corrected chi connectivity index (χ4v) is 4.95. The number of halogens is 1. The number of hydrogen-bond acceptors (Lipinski definition) is 6. The molecule has 0 fully saturated rings. The van der Waals surface area contributed by atoms with E-state index in [-0.39, 0.29) is 18.3 Å². The zero-order valence-electron chi connectivity index (χ0n) is 18.6. The summed E-state index contributed by atoms with van der Waals surface area (Å²) in [6, 6.07) is 17.7. The van der Waals surface area contributed by atoms with E-state index in [4.69, 9.17) is 14.5 Å². The summed E-state index contributed by atoms with van der Waals surface area (Å²) in [5.74, 6) is 1.41. The first-order valence-corrected chi connectivity index (χ1v) is 11.6. The standard InChI is InChI=1S/C25H25N3O3S.ClH/c1-27(2)11-6-12-28(24(29)19-10-5-8-17-7-3-4-9-18(17)19)25-26-20-15-21-22(16-23(20)32-25)31-14-13-30-21;/h3-5,7-10,15-16H,6,11-14H2,1-2H3;1H. The van der Waals surface area contributed by atoms with E-state index in [1.807, 2.05) is 73.6 Å². The number of aromatic nitrogens is 1. The van der Waals surface area contributed by atoms with E-state index in [9.17, 15) is 4.79 Å². The Morgan fingerprint density at radius 2 is 1.73 bits per heavy atom. The van der Waals surface area contributed by atoms with Crippen molar-refractivity contribution in [2.24, 2.45) is 0 Å². The van der Waals surface area contributed by atoms with Crippen LogP contribution in [0.15, 0.2) is 54.6 Å². The minimum Gasteiger partial charge on any atom is -0.486 e. The number of ether oxygens (including phenoxy) is 2. The van der Waals surface area contributed by atoms with Crippen molar-refractivity contribution in [3.8, 4) is 11.5 Å². The van der Waals surface area contributed by atoms with Crippen LogP contribution >= 0.6 is 23.7 Å². The van der Waals surface area contributed by atoms with Crippen LogP contribution in [0.2, 0.25) is 0 Å². The second-order valence-electron chi connectivity index (χ2n) is 8.10. The van der Waals surface area contributed by atoms with Crippen molar-refractivity contribution < 1.29 is 14.3 Å². The van der Waals surface area contributed by atoms with Crippen molar-refractivity contribution in [1.82, 2.24) is 9.88 Å². The third-order valence-corrected chi connectivity index (χ3v) is 6.57. The van der Waals surface area contributed by atoms with Crippen LogP contribution in [0.4, 0.5) is 5.13 Å². The van der Waals surface area contributed by atoms with E-state index in [1.54, 1.807) is 0 Å². The highest BCUT2D eigenvalue weighted by atomic mass is 35.5. The number of thiazole rings is 1. The van der Waals surface area contributed by atoms with E-state index in [0.29, 0.717) is 36.2 Å².